The summed E-state index contributed by atoms with van der Waals surface area (Å²) < 4.78 is 0. The molecule has 0 fully saturated rings. The lowest BCUT2D eigenvalue weighted by Gasteiger charge is -2.35. The summed E-state index contributed by atoms with van der Waals surface area (Å²) in [6, 6.07) is 23.5. The first kappa shape index (κ1) is 14.7. The van der Waals surface area contributed by atoms with Crippen LogP contribution in [0.2, 0.25) is 0 Å². The monoisotopic (exact) mass is 347 g/mol. The van der Waals surface area contributed by atoms with Crippen molar-refractivity contribution in [3.63, 3.8) is 0 Å². The van der Waals surface area contributed by atoms with Gasteiger partial charge in [-0.25, -0.2) is 0 Å². The predicted molar refractivity (Wildman–Crippen MR) is 110 cm³/mol. The van der Waals surface area contributed by atoms with Gasteiger partial charge in [-0.15, -0.1) is 0 Å². The molecule has 3 nitrogen and oxygen atoms in total. The number of pyridine rings is 1. The number of aliphatic imine (C=N–C) groups is 1. The van der Waals surface area contributed by atoms with E-state index in [9.17, 15) is 0 Å². The quantitative estimate of drug-likeness (QED) is 0.637. The van der Waals surface area contributed by atoms with Crippen molar-refractivity contribution in [2.75, 3.05) is 4.90 Å². The van der Waals surface area contributed by atoms with E-state index in [1.165, 1.54) is 22.4 Å². The summed E-state index contributed by atoms with van der Waals surface area (Å²) in [7, 11) is 0. The minimum Gasteiger partial charge on any atom is -0.316 e. The number of aromatic nitrogens is 1. The molecule has 1 aromatic heterocycles. The summed E-state index contributed by atoms with van der Waals surface area (Å²) in [5, 5.41) is 0. The highest BCUT2D eigenvalue weighted by atomic mass is 15.3. The highest BCUT2D eigenvalue weighted by molar-refractivity contribution is 6.20. The SMILES string of the molecule is C1=CC2C(C=C1c1ccccn1)N=C1c3ccccc3-c3ccccc3N12. The first-order chi connectivity index (χ1) is 13.4. The average Bonchev–Trinajstić information content (AvgIpc) is 3.14. The van der Waals surface area contributed by atoms with Crippen molar-refractivity contribution in [1.82, 2.24) is 4.98 Å². The zero-order chi connectivity index (χ0) is 17.8. The van der Waals surface area contributed by atoms with Crippen LogP contribution in [-0.4, -0.2) is 22.9 Å². The molecule has 3 aliphatic rings. The molecule has 0 amide bonds. The van der Waals surface area contributed by atoms with E-state index < -0.39 is 0 Å². The molecule has 1 aliphatic carbocycles. The summed E-state index contributed by atoms with van der Waals surface area (Å²) in [6.45, 7) is 0. The largest absolute Gasteiger partial charge is 0.316 e. The van der Waals surface area contributed by atoms with E-state index >= 15 is 0 Å². The highest BCUT2D eigenvalue weighted by Crippen LogP contribution is 2.44. The van der Waals surface area contributed by atoms with Gasteiger partial charge in [-0.1, -0.05) is 60.7 Å². The van der Waals surface area contributed by atoms with E-state index in [0.29, 0.717) is 0 Å². The van der Waals surface area contributed by atoms with Crippen LogP contribution in [0, 0.1) is 0 Å². The van der Waals surface area contributed by atoms with Gasteiger partial charge >= 0.3 is 0 Å². The molecule has 3 heteroatoms. The van der Waals surface area contributed by atoms with Gasteiger partial charge in [0, 0.05) is 17.3 Å². The number of fused-ring (bicyclic) bond motifs is 8. The minimum atomic E-state index is 0.0984. The molecular weight excluding hydrogens is 330 g/mol. The molecule has 0 radical (unpaired) electrons. The van der Waals surface area contributed by atoms with Crippen molar-refractivity contribution < 1.29 is 0 Å². The molecule has 2 aliphatic heterocycles. The molecule has 27 heavy (non-hydrogen) atoms. The number of hydrogen-bond acceptors (Lipinski definition) is 3. The molecule has 3 aromatic rings. The van der Waals surface area contributed by atoms with E-state index in [0.717, 1.165) is 17.1 Å². The Morgan fingerprint density at radius 1 is 0.778 bits per heavy atom. The summed E-state index contributed by atoms with van der Waals surface area (Å²) in [5.41, 5.74) is 7.13. The molecule has 2 aromatic carbocycles. The Balaban J connectivity index is 1.52. The molecular formula is C24H17N3. The second-order valence-electron chi connectivity index (χ2n) is 7.06. The molecule has 2 atom stereocenters. The topological polar surface area (TPSA) is 28.5 Å². The molecule has 0 saturated heterocycles. The fourth-order valence-corrected chi connectivity index (χ4v) is 4.35. The molecule has 3 heterocycles. The smallest absolute Gasteiger partial charge is 0.137 e. The van der Waals surface area contributed by atoms with Crippen LogP contribution >= 0.6 is 0 Å². The number of hydrogen-bond donors (Lipinski definition) is 0. The number of nitrogens with zero attached hydrogens (tertiary/aromatic N) is 3. The fourth-order valence-electron chi connectivity index (χ4n) is 4.35. The normalized spacial score (nSPS) is 21.6. The maximum Gasteiger partial charge on any atom is 0.137 e. The second-order valence-corrected chi connectivity index (χ2v) is 7.06. The molecule has 0 N–H and O–H groups in total. The first-order valence-corrected chi connectivity index (χ1v) is 9.27. The van der Waals surface area contributed by atoms with Crippen LogP contribution < -0.4 is 4.90 Å². The van der Waals surface area contributed by atoms with Gasteiger partial charge in [0.15, 0.2) is 0 Å². The van der Waals surface area contributed by atoms with Gasteiger partial charge in [0.2, 0.25) is 0 Å². The summed E-state index contributed by atoms with van der Waals surface area (Å²) in [5.74, 6) is 1.07. The van der Waals surface area contributed by atoms with Gasteiger partial charge in [0.05, 0.1) is 23.5 Å². The van der Waals surface area contributed by atoms with Crippen LogP contribution in [0.15, 0.2) is 96.1 Å². The van der Waals surface area contributed by atoms with Crippen molar-refractivity contribution in [2.45, 2.75) is 12.1 Å². The summed E-state index contributed by atoms with van der Waals surface area (Å²) >= 11 is 0. The number of para-hydroxylation sites is 1. The molecule has 0 spiro atoms. The lowest BCUT2D eigenvalue weighted by atomic mass is 9.90. The number of anilines is 1. The molecule has 2 unspecified atom stereocenters. The van der Waals surface area contributed by atoms with E-state index in [1.54, 1.807) is 0 Å². The Kier molecular flexibility index (Phi) is 3.00. The molecule has 0 bridgehead atoms. The maximum atomic E-state index is 5.14. The van der Waals surface area contributed by atoms with Crippen molar-refractivity contribution in [1.29, 1.82) is 0 Å². The first-order valence-electron chi connectivity index (χ1n) is 9.27. The minimum absolute atomic E-state index is 0.0984. The molecule has 0 saturated carbocycles. The Labute approximate surface area is 158 Å². The third-order valence-electron chi connectivity index (χ3n) is 5.55. The van der Waals surface area contributed by atoms with E-state index in [-0.39, 0.29) is 12.1 Å². The summed E-state index contributed by atoms with van der Waals surface area (Å²) in [6.07, 6.45) is 8.55. The van der Waals surface area contributed by atoms with E-state index in [1.807, 2.05) is 18.3 Å². The fraction of sp³-hybridized carbons (Fsp3) is 0.0833. The van der Waals surface area contributed by atoms with Crippen molar-refractivity contribution in [2.24, 2.45) is 4.99 Å². The van der Waals surface area contributed by atoms with Gasteiger partial charge in [0.25, 0.3) is 0 Å². The van der Waals surface area contributed by atoms with E-state index in [2.05, 4.69) is 82.7 Å². The van der Waals surface area contributed by atoms with Crippen LogP contribution in [-0.2, 0) is 0 Å². The van der Waals surface area contributed by atoms with Crippen molar-refractivity contribution in [3.05, 3.63) is 102 Å². The van der Waals surface area contributed by atoms with Crippen molar-refractivity contribution >= 4 is 17.1 Å². The third-order valence-corrected chi connectivity index (χ3v) is 5.55. The van der Waals surface area contributed by atoms with Crippen LogP contribution in [0.4, 0.5) is 5.69 Å². The van der Waals surface area contributed by atoms with Gasteiger partial charge in [-0.2, -0.15) is 0 Å². The number of amidine groups is 1. The van der Waals surface area contributed by atoms with Gasteiger partial charge in [-0.05, 0) is 35.4 Å². The standard InChI is InChI=1S/C24H17N3/c1-2-9-19-17(7-1)18-8-3-4-11-22(18)27-23-13-12-16(15-21(23)26-24(19)27)20-10-5-6-14-25-20/h1-15,21,23H. The van der Waals surface area contributed by atoms with Gasteiger partial charge in [0.1, 0.15) is 5.84 Å². The number of benzene rings is 2. The Hall–Kier alpha value is -3.46. The summed E-state index contributed by atoms with van der Waals surface area (Å²) in [4.78, 5) is 12.0. The van der Waals surface area contributed by atoms with Crippen molar-refractivity contribution in [3.8, 4) is 11.1 Å². The van der Waals surface area contributed by atoms with Gasteiger partial charge in [-0.3, -0.25) is 9.98 Å². The zero-order valence-electron chi connectivity index (χ0n) is 14.7. The van der Waals surface area contributed by atoms with Gasteiger partial charge < -0.3 is 4.90 Å². The van der Waals surface area contributed by atoms with Crippen LogP contribution in [0.25, 0.3) is 16.7 Å². The number of rotatable bonds is 1. The number of allylic oxidation sites excluding steroid dienone is 2. The Bertz CT molecular complexity index is 1140. The third kappa shape index (κ3) is 2.08. The zero-order valence-corrected chi connectivity index (χ0v) is 14.7. The molecule has 128 valence electrons. The highest BCUT2D eigenvalue weighted by Gasteiger charge is 2.40. The van der Waals surface area contributed by atoms with E-state index in [4.69, 9.17) is 4.99 Å². The lowest BCUT2D eigenvalue weighted by molar-refractivity contribution is 0.741. The lowest BCUT2D eigenvalue weighted by Crippen LogP contribution is -2.41. The van der Waals surface area contributed by atoms with Crippen LogP contribution in [0.3, 0.4) is 0 Å². The Morgan fingerprint density at radius 2 is 1.56 bits per heavy atom. The molecule has 6 rings (SSSR count). The average molecular weight is 347 g/mol. The van der Waals surface area contributed by atoms with Crippen LogP contribution in [0.1, 0.15) is 11.3 Å². The maximum absolute atomic E-state index is 5.14. The van der Waals surface area contributed by atoms with Crippen LogP contribution in [0.5, 0.6) is 0 Å². The predicted octanol–water partition coefficient (Wildman–Crippen LogP) is 4.72. The Morgan fingerprint density at radius 3 is 2.41 bits per heavy atom. The second kappa shape index (κ2) is 5.52.